The molecule has 5 heteroatoms. The highest BCUT2D eigenvalue weighted by molar-refractivity contribution is 7.13. The molecule has 1 aromatic carbocycles. The number of thiazole rings is 1. The van der Waals surface area contributed by atoms with Gasteiger partial charge in [0.1, 0.15) is 22.6 Å². The van der Waals surface area contributed by atoms with E-state index in [4.69, 9.17) is 14.7 Å². The van der Waals surface area contributed by atoms with Crippen LogP contribution in [0.15, 0.2) is 23.6 Å². The molecule has 0 saturated carbocycles. The number of methoxy groups -OCH3 is 2. The lowest BCUT2D eigenvalue weighted by atomic mass is 10.2. The van der Waals surface area contributed by atoms with Crippen molar-refractivity contribution >= 4 is 11.3 Å². The molecule has 0 spiro atoms. The number of aromatic nitrogens is 1. The normalized spacial score (nSPS) is 9.71. The van der Waals surface area contributed by atoms with Gasteiger partial charge in [-0.25, -0.2) is 4.98 Å². The average Bonchev–Trinajstić information content (AvgIpc) is 2.86. The van der Waals surface area contributed by atoms with Crippen molar-refractivity contribution in [2.45, 2.75) is 0 Å². The van der Waals surface area contributed by atoms with E-state index >= 15 is 0 Å². The Hall–Kier alpha value is -2.06. The molecule has 0 aliphatic rings. The maximum absolute atomic E-state index is 8.74. The fraction of sp³-hybridized carbons (Fsp3) is 0.167. The van der Waals surface area contributed by atoms with Crippen LogP contribution in [-0.4, -0.2) is 19.2 Å². The highest BCUT2D eigenvalue weighted by atomic mass is 32.1. The van der Waals surface area contributed by atoms with Crippen molar-refractivity contribution in [2.24, 2.45) is 0 Å². The third-order valence-electron chi connectivity index (χ3n) is 2.22. The van der Waals surface area contributed by atoms with E-state index < -0.39 is 0 Å². The molecule has 0 saturated heterocycles. The Kier molecular flexibility index (Phi) is 3.26. The molecular weight excluding hydrogens is 236 g/mol. The van der Waals surface area contributed by atoms with Gasteiger partial charge in [-0.05, 0) is 12.1 Å². The molecule has 2 rings (SSSR count). The monoisotopic (exact) mass is 246 g/mol. The van der Waals surface area contributed by atoms with Crippen molar-refractivity contribution in [3.8, 4) is 28.1 Å². The van der Waals surface area contributed by atoms with Gasteiger partial charge in [0.15, 0.2) is 5.69 Å². The number of hydrogen-bond acceptors (Lipinski definition) is 5. The second kappa shape index (κ2) is 4.85. The molecule has 4 nitrogen and oxygen atoms in total. The molecule has 86 valence electrons. The van der Waals surface area contributed by atoms with Gasteiger partial charge in [-0.2, -0.15) is 5.26 Å². The first kappa shape index (κ1) is 11.4. The van der Waals surface area contributed by atoms with Crippen molar-refractivity contribution in [1.82, 2.24) is 4.98 Å². The van der Waals surface area contributed by atoms with Crippen LogP contribution in [0.2, 0.25) is 0 Å². The molecule has 1 heterocycles. The van der Waals surface area contributed by atoms with Crippen LogP contribution in [0.25, 0.3) is 10.6 Å². The number of nitrogens with zero attached hydrogens (tertiary/aromatic N) is 2. The average molecular weight is 246 g/mol. The van der Waals surface area contributed by atoms with Crippen LogP contribution in [-0.2, 0) is 0 Å². The summed E-state index contributed by atoms with van der Waals surface area (Å²) >= 11 is 1.42. The summed E-state index contributed by atoms with van der Waals surface area (Å²) in [4.78, 5) is 4.20. The number of nitriles is 1. The summed E-state index contributed by atoms with van der Waals surface area (Å²) in [6, 6.07) is 7.53. The first-order valence-electron chi connectivity index (χ1n) is 4.86. The number of hydrogen-bond donors (Lipinski definition) is 0. The Balaban J connectivity index is 2.47. The van der Waals surface area contributed by atoms with Crippen molar-refractivity contribution in [1.29, 1.82) is 5.26 Å². The fourth-order valence-corrected chi connectivity index (χ4v) is 2.12. The van der Waals surface area contributed by atoms with E-state index in [0.717, 1.165) is 10.6 Å². The minimum atomic E-state index is 0.423. The second-order valence-corrected chi connectivity index (χ2v) is 4.11. The summed E-state index contributed by atoms with van der Waals surface area (Å²) in [5.74, 6) is 1.40. The minimum absolute atomic E-state index is 0.423. The summed E-state index contributed by atoms with van der Waals surface area (Å²) in [6.45, 7) is 0. The summed E-state index contributed by atoms with van der Waals surface area (Å²) in [5, 5.41) is 11.2. The van der Waals surface area contributed by atoms with Crippen LogP contribution in [0.5, 0.6) is 11.5 Å². The third kappa shape index (κ3) is 2.37. The van der Waals surface area contributed by atoms with E-state index in [2.05, 4.69) is 4.98 Å². The molecule has 0 amide bonds. The van der Waals surface area contributed by atoms with Gasteiger partial charge in [-0.1, -0.05) is 0 Å². The van der Waals surface area contributed by atoms with Gasteiger partial charge >= 0.3 is 0 Å². The Labute approximate surface area is 103 Å². The predicted octanol–water partition coefficient (Wildman–Crippen LogP) is 2.70. The molecule has 0 N–H and O–H groups in total. The quantitative estimate of drug-likeness (QED) is 0.835. The van der Waals surface area contributed by atoms with E-state index in [1.54, 1.807) is 25.7 Å². The maximum atomic E-state index is 8.74. The number of benzene rings is 1. The SMILES string of the molecule is COc1cc(OC)cc(-c2nc(C#N)cs2)c1. The maximum Gasteiger partial charge on any atom is 0.152 e. The van der Waals surface area contributed by atoms with Crippen LogP contribution >= 0.6 is 11.3 Å². The van der Waals surface area contributed by atoms with Crippen molar-refractivity contribution in [2.75, 3.05) is 14.2 Å². The minimum Gasteiger partial charge on any atom is -0.497 e. The third-order valence-corrected chi connectivity index (χ3v) is 3.11. The van der Waals surface area contributed by atoms with Crippen LogP contribution in [0.3, 0.4) is 0 Å². The highest BCUT2D eigenvalue weighted by Gasteiger charge is 2.08. The molecule has 2 aromatic rings. The standard InChI is InChI=1S/C12H10N2O2S/c1-15-10-3-8(4-11(5-10)16-2)12-14-9(6-13)7-17-12/h3-5,7H,1-2H3. The lowest BCUT2D eigenvalue weighted by Gasteiger charge is -2.06. The predicted molar refractivity (Wildman–Crippen MR) is 65.4 cm³/mol. The molecule has 0 fully saturated rings. The molecular formula is C12H10N2O2S. The summed E-state index contributed by atoms with van der Waals surface area (Å²) in [7, 11) is 3.20. The topological polar surface area (TPSA) is 55.1 Å². The van der Waals surface area contributed by atoms with Gasteiger partial charge in [-0.3, -0.25) is 0 Å². The molecule has 0 atom stereocenters. The number of ether oxygens (including phenoxy) is 2. The summed E-state index contributed by atoms with van der Waals surface area (Å²) in [5.41, 5.74) is 1.31. The van der Waals surface area contributed by atoms with Crippen molar-refractivity contribution in [3.63, 3.8) is 0 Å². The van der Waals surface area contributed by atoms with Gasteiger partial charge < -0.3 is 9.47 Å². The zero-order valence-corrected chi connectivity index (χ0v) is 10.2. The van der Waals surface area contributed by atoms with Gasteiger partial charge in [0.2, 0.25) is 0 Å². The van der Waals surface area contributed by atoms with Gasteiger partial charge in [-0.15, -0.1) is 11.3 Å². The highest BCUT2D eigenvalue weighted by Crippen LogP contribution is 2.31. The molecule has 0 aliphatic carbocycles. The van der Waals surface area contributed by atoms with Crippen LogP contribution in [0.1, 0.15) is 5.69 Å². The Morgan fingerprint density at radius 3 is 2.29 bits per heavy atom. The molecule has 0 unspecified atom stereocenters. The Bertz CT molecular complexity index is 550. The first-order chi connectivity index (χ1) is 8.26. The molecule has 17 heavy (non-hydrogen) atoms. The van der Waals surface area contributed by atoms with Gasteiger partial charge in [0.05, 0.1) is 14.2 Å². The van der Waals surface area contributed by atoms with E-state index in [1.165, 1.54) is 11.3 Å². The van der Waals surface area contributed by atoms with E-state index in [-0.39, 0.29) is 0 Å². The fourth-order valence-electron chi connectivity index (χ4n) is 1.39. The van der Waals surface area contributed by atoms with Crippen molar-refractivity contribution < 1.29 is 9.47 Å². The van der Waals surface area contributed by atoms with E-state index in [9.17, 15) is 0 Å². The smallest absolute Gasteiger partial charge is 0.152 e. The molecule has 0 aliphatic heterocycles. The number of rotatable bonds is 3. The molecule has 0 bridgehead atoms. The summed E-state index contributed by atoms with van der Waals surface area (Å²) in [6.07, 6.45) is 0. The first-order valence-corrected chi connectivity index (χ1v) is 5.74. The van der Waals surface area contributed by atoms with Crippen LogP contribution in [0, 0.1) is 11.3 Å². The van der Waals surface area contributed by atoms with Crippen LogP contribution < -0.4 is 9.47 Å². The van der Waals surface area contributed by atoms with Crippen molar-refractivity contribution in [3.05, 3.63) is 29.3 Å². The zero-order chi connectivity index (χ0) is 12.3. The van der Waals surface area contributed by atoms with Crippen LogP contribution in [0.4, 0.5) is 0 Å². The van der Waals surface area contributed by atoms with E-state index in [1.807, 2.05) is 18.2 Å². The van der Waals surface area contributed by atoms with E-state index in [0.29, 0.717) is 17.2 Å². The zero-order valence-electron chi connectivity index (χ0n) is 9.43. The second-order valence-electron chi connectivity index (χ2n) is 3.25. The Morgan fingerprint density at radius 1 is 1.18 bits per heavy atom. The summed E-state index contributed by atoms with van der Waals surface area (Å²) < 4.78 is 10.4. The van der Waals surface area contributed by atoms with Gasteiger partial charge in [0.25, 0.3) is 0 Å². The molecule has 1 aromatic heterocycles. The lowest BCUT2D eigenvalue weighted by Crippen LogP contribution is -1.88. The Morgan fingerprint density at radius 2 is 1.82 bits per heavy atom. The molecule has 0 radical (unpaired) electrons. The lowest BCUT2D eigenvalue weighted by molar-refractivity contribution is 0.394. The largest absolute Gasteiger partial charge is 0.497 e. The van der Waals surface area contributed by atoms with Gasteiger partial charge in [0, 0.05) is 17.0 Å².